The predicted molar refractivity (Wildman–Crippen MR) is 84.1 cm³/mol. The second-order valence-corrected chi connectivity index (χ2v) is 6.67. The normalized spacial score (nSPS) is 20.3. The van der Waals surface area contributed by atoms with Crippen LogP contribution < -0.4 is 10.6 Å². The first-order valence-electron chi connectivity index (χ1n) is 7.76. The average Bonchev–Trinajstić information content (AvgIpc) is 2.76. The number of para-hydroxylation sites is 1. The van der Waals surface area contributed by atoms with Crippen molar-refractivity contribution >= 4 is 11.6 Å². The van der Waals surface area contributed by atoms with E-state index in [0.717, 1.165) is 25.7 Å². The van der Waals surface area contributed by atoms with Crippen LogP contribution in [0.3, 0.4) is 0 Å². The molecule has 4 heteroatoms. The van der Waals surface area contributed by atoms with E-state index in [1.54, 1.807) is 12.1 Å². The molecule has 0 radical (unpaired) electrons. The highest BCUT2D eigenvalue weighted by atomic mass is 19.1. The fourth-order valence-electron chi connectivity index (χ4n) is 2.97. The Kier molecular flexibility index (Phi) is 4.86. The first-order chi connectivity index (χ1) is 9.93. The molecule has 1 atom stereocenters. The molecule has 1 aromatic carbocycles. The Bertz CT molecular complexity index is 514. The van der Waals surface area contributed by atoms with Gasteiger partial charge in [0.2, 0.25) is 0 Å². The summed E-state index contributed by atoms with van der Waals surface area (Å²) in [6, 6.07) is 4.83. The molecule has 2 rings (SSSR count). The van der Waals surface area contributed by atoms with Gasteiger partial charge in [0.25, 0.3) is 5.91 Å². The molecule has 0 aromatic heterocycles. The lowest BCUT2D eigenvalue weighted by Crippen LogP contribution is -2.34. The maximum Gasteiger partial charge on any atom is 0.253 e. The first kappa shape index (κ1) is 15.8. The lowest BCUT2D eigenvalue weighted by atomic mass is 9.92. The van der Waals surface area contributed by atoms with E-state index >= 15 is 0 Å². The van der Waals surface area contributed by atoms with E-state index in [4.69, 9.17) is 0 Å². The molecule has 0 bridgehead atoms. The molecule has 116 valence electrons. The Morgan fingerprint density at radius 2 is 2.19 bits per heavy atom. The third-order valence-electron chi connectivity index (χ3n) is 4.11. The van der Waals surface area contributed by atoms with Crippen molar-refractivity contribution in [2.75, 3.05) is 11.9 Å². The number of benzene rings is 1. The monoisotopic (exact) mass is 292 g/mol. The van der Waals surface area contributed by atoms with E-state index in [9.17, 15) is 9.18 Å². The zero-order chi connectivity index (χ0) is 15.5. The van der Waals surface area contributed by atoms with Crippen molar-refractivity contribution in [3.8, 4) is 0 Å². The summed E-state index contributed by atoms with van der Waals surface area (Å²) in [7, 11) is 0. The molecule has 1 aromatic rings. The van der Waals surface area contributed by atoms with Crippen molar-refractivity contribution in [1.82, 2.24) is 5.32 Å². The van der Waals surface area contributed by atoms with Crippen LogP contribution in [0, 0.1) is 11.2 Å². The number of nitrogens with one attached hydrogen (secondary N) is 2. The fourth-order valence-corrected chi connectivity index (χ4v) is 2.97. The molecule has 1 amide bonds. The summed E-state index contributed by atoms with van der Waals surface area (Å²) in [5.74, 6) is -0.557. The SMILES string of the molecule is CCCNc1c(F)cccc1C(=O)NC1CCC(C)(C)C1. The van der Waals surface area contributed by atoms with Gasteiger partial charge in [-0.2, -0.15) is 0 Å². The van der Waals surface area contributed by atoms with Crippen LogP contribution in [0.1, 0.15) is 56.8 Å². The van der Waals surface area contributed by atoms with Gasteiger partial charge in [-0.05, 0) is 43.2 Å². The van der Waals surface area contributed by atoms with Gasteiger partial charge in [-0.1, -0.05) is 26.8 Å². The van der Waals surface area contributed by atoms with Crippen molar-refractivity contribution in [3.05, 3.63) is 29.6 Å². The lowest BCUT2D eigenvalue weighted by molar-refractivity contribution is 0.0936. The Labute approximate surface area is 126 Å². The van der Waals surface area contributed by atoms with Crippen LogP contribution >= 0.6 is 0 Å². The molecular weight excluding hydrogens is 267 g/mol. The topological polar surface area (TPSA) is 41.1 Å². The largest absolute Gasteiger partial charge is 0.382 e. The molecule has 1 aliphatic carbocycles. The molecule has 1 unspecified atom stereocenters. The van der Waals surface area contributed by atoms with E-state index in [1.165, 1.54) is 6.07 Å². The molecule has 2 N–H and O–H groups in total. The molecule has 1 aliphatic rings. The van der Waals surface area contributed by atoms with Crippen LogP contribution in [0.4, 0.5) is 10.1 Å². The highest BCUT2D eigenvalue weighted by molar-refractivity contribution is 5.99. The number of amides is 1. The van der Waals surface area contributed by atoms with Crippen molar-refractivity contribution < 1.29 is 9.18 Å². The number of anilines is 1. The fraction of sp³-hybridized carbons (Fsp3) is 0.588. The van der Waals surface area contributed by atoms with Gasteiger partial charge in [0.1, 0.15) is 5.82 Å². The van der Waals surface area contributed by atoms with Crippen LogP contribution in [0.15, 0.2) is 18.2 Å². The molecule has 0 saturated heterocycles. The van der Waals surface area contributed by atoms with E-state index in [1.807, 2.05) is 6.92 Å². The summed E-state index contributed by atoms with van der Waals surface area (Å²) in [6.45, 7) is 7.09. The molecule has 21 heavy (non-hydrogen) atoms. The summed E-state index contributed by atoms with van der Waals surface area (Å²) in [5.41, 5.74) is 0.991. The van der Waals surface area contributed by atoms with Crippen molar-refractivity contribution in [2.24, 2.45) is 5.41 Å². The minimum atomic E-state index is -0.372. The molecular formula is C17H25FN2O. The number of rotatable bonds is 5. The Morgan fingerprint density at radius 3 is 2.81 bits per heavy atom. The van der Waals surface area contributed by atoms with Gasteiger partial charge in [0, 0.05) is 12.6 Å². The maximum absolute atomic E-state index is 13.9. The summed E-state index contributed by atoms with van der Waals surface area (Å²) in [6.07, 6.45) is 3.96. The van der Waals surface area contributed by atoms with E-state index in [2.05, 4.69) is 24.5 Å². The van der Waals surface area contributed by atoms with Gasteiger partial charge in [0.15, 0.2) is 0 Å². The van der Waals surface area contributed by atoms with Gasteiger partial charge in [0.05, 0.1) is 11.3 Å². The second kappa shape index (κ2) is 6.46. The number of hydrogen-bond donors (Lipinski definition) is 2. The third kappa shape index (κ3) is 3.96. The second-order valence-electron chi connectivity index (χ2n) is 6.67. The van der Waals surface area contributed by atoms with E-state index in [0.29, 0.717) is 17.8 Å². The quantitative estimate of drug-likeness (QED) is 0.862. The smallest absolute Gasteiger partial charge is 0.253 e. The standard InChI is InChI=1S/C17H25FN2O/c1-4-10-19-15-13(6-5-7-14(15)18)16(21)20-12-8-9-17(2,3)11-12/h5-7,12,19H,4,8-11H2,1-3H3,(H,20,21). The molecule has 1 saturated carbocycles. The van der Waals surface area contributed by atoms with Crippen molar-refractivity contribution in [2.45, 2.75) is 52.5 Å². The first-order valence-corrected chi connectivity index (χ1v) is 7.76. The van der Waals surface area contributed by atoms with Crippen LogP contribution in [0.25, 0.3) is 0 Å². The Hall–Kier alpha value is -1.58. The Balaban J connectivity index is 2.10. The zero-order valence-electron chi connectivity index (χ0n) is 13.1. The highest BCUT2D eigenvalue weighted by Gasteiger charge is 2.32. The van der Waals surface area contributed by atoms with Crippen molar-refractivity contribution in [1.29, 1.82) is 0 Å². The van der Waals surface area contributed by atoms with Gasteiger partial charge < -0.3 is 10.6 Å². The number of halogens is 1. The lowest BCUT2D eigenvalue weighted by Gasteiger charge is -2.19. The van der Waals surface area contributed by atoms with Gasteiger partial charge >= 0.3 is 0 Å². The molecule has 0 aliphatic heterocycles. The number of hydrogen-bond acceptors (Lipinski definition) is 2. The summed E-state index contributed by atoms with van der Waals surface area (Å²) in [5, 5.41) is 6.07. The zero-order valence-corrected chi connectivity index (χ0v) is 13.1. The van der Waals surface area contributed by atoms with Crippen LogP contribution in [-0.2, 0) is 0 Å². The third-order valence-corrected chi connectivity index (χ3v) is 4.11. The average molecular weight is 292 g/mol. The van der Waals surface area contributed by atoms with Crippen LogP contribution in [0.5, 0.6) is 0 Å². The molecule has 1 fully saturated rings. The molecule has 0 heterocycles. The molecule has 0 spiro atoms. The highest BCUT2D eigenvalue weighted by Crippen LogP contribution is 2.37. The molecule has 3 nitrogen and oxygen atoms in total. The summed E-state index contributed by atoms with van der Waals surface area (Å²) in [4.78, 5) is 12.4. The van der Waals surface area contributed by atoms with Gasteiger partial charge in [-0.25, -0.2) is 4.39 Å². The van der Waals surface area contributed by atoms with Gasteiger partial charge in [-0.15, -0.1) is 0 Å². The summed E-state index contributed by atoms with van der Waals surface area (Å²) < 4.78 is 13.9. The van der Waals surface area contributed by atoms with Crippen LogP contribution in [-0.4, -0.2) is 18.5 Å². The predicted octanol–water partition coefficient (Wildman–Crippen LogP) is 3.96. The minimum absolute atomic E-state index is 0.184. The van der Waals surface area contributed by atoms with E-state index in [-0.39, 0.29) is 23.2 Å². The Morgan fingerprint density at radius 1 is 1.43 bits per heavy atom. The van der Waals surface area contributed by atoms with E-state index < -0.39 is 0 Å². The van der Waals surface area contributed by atoms with Gasteiger partial charge in [-0.3, -0.25) is 4.79 Å². The summed E-state index contributed by atoms with van der Waals surface area (Å²) >= 11 is 0. The van der Waals surface area contributed by atoms with Crippen molar-refractivity contribution in [3.63, 3.8) is 0 Å². The van der Waals surface area contributed by atoms with Crippen LogP contribution in [0.2, 0.25) is 0 Å². The maximum atomic E-state index is 13.9. The minimum Gasteiger partial charge on any atom is -0.382 e. The number of carbonyl (C=O) groups is 1. The number of carbonyl (C=O) groups excluding carboxylic acids is 1.